The number of nitrogens with one attached hydrogen (secondary N) is 1. The van der Waals surface area contributed by atoms with Gasteiger partial charge in [-0.25, -0.2) is 0 Å². The largest absolute Gasteiger partial charge is 0.340 e. The molecule has 0 saturated carbocycles. The van der Waals surface area contributed by atoms with Crippen molar-refractivity contribution < 1.29 is 9.59 Å². The van der Waals surface area contributed by atoms with Crippen LogP contribution in [0.2, 0.25) is 0 Å². The molecule has 1 aromatic rings. The number of carbonyl (C=O) groups is 2. The van der Waals surface area contributed by atoms with Gasteiger partial charge in [-0.05, 0) is 36.4 Å². The first-order valence-electron chi connectivity index (χ1n) is 8.07. The molecule has 1 aliphatic rings. The van der Waals surface area contributed by atoms with E-state index < -0.39 is 6.04 Å². The fraction of sp³-hybridized carbons (Fsp3) is 0.588. The first-order valence-corrected chi connectivity index (χ1v) is 8.07. The third kappa shape index (κ3) is 4.07. The molecule has 0 spiro atoms. The zero-order valence-electron chi connectivity index (χ0n) is 14.1. The summed E-state index contributed by atoms with van der Waals surface area (Å²) in [6.07, 6.45) is 2.46. The molecule has 1 fully saturated rings. The van der Waals surface area contributed by atoms with Crippen molar-refractivity contribution in [3.8, 4) is 0 Å². The third-order valence-corrected chi connectivity index (χ3v) is 4.48. The number of likely N-dealkylation sites (tertiary alicyclic amines) is 1. The lowest BCUT2D eigenvalue weighted by molar-refractivity contribution is -0.133. The Morgan fingerprint density at radius 1 is 1.43 bits per heavy atom. The summed E-state index contributed by atoms with van der Waals surface area (Å²) < 4.78 is 0. The molecule has 2 heterocycles. The summed E-state index contributed by atoms with van der Waals surface area (Å²) >= 11 is 0. The van der Waals surface area contributed by atoms with E-state index in [0.717, 1.165) is 6.42 Å². The number of hydrogen-bond donors (Lipinski definition) is 2. The molecule has 6 nitrogen and oxygen atoms in total. The minimum atomic E-state index is -0.551. The molecular weight excluding hydrogens is 292 g/mol. The molecule has 23 heavy (non-hydrogen) atoms. The predicted molar refractivity (Wildman–Crippen MR) is 88.7 cm³/mol. The Morgan fingerprint density at radius 3 is 2.70 bits per heavy atom. The Morgan fingerprint density at radius 2 is 2.17 bits per heavy atom. The van der Waals surface area contributed by atoms with Crippen LogP contribution in [0.25, 0.3) is 0 Å². The summed E-state index contributed by atoms with van der Waals surface area (Å²) in [5, 5.41) is 2.83. The lowest BCUT2D eigenvalue weighted by Crippen LogP contribution is -2.51. The molecule has 6 heteroatoms. The molecule has 1 aromatic heterocycles. The van der Waals surface area contributed by atoms with Crippen molar-refractivity contribution >= 4 is 11.8 Å². The summed E-state index contributed by atoms with van der Waals surface area (Å²) in [6, 6.07) is 4.59. The molecule has 1 saturated heterocycles. The van der Waals surface area contributed by atoms with E-state index in [0.29, 0.717) is 25.3 Å². The minimum Gasteiger partial charge on any atom is -0.340 e. The van der Waals surface area contributed by atoms with E-state index >= 15 is 0 Å². The first-order chi connectivity index (χ1) is 10.9. The van der Waals surface area contributed by atoms with E-state index in [1.165, 1.54) is 0 Å². The average molecular weight is 318 g/mol. The normalized spacial score (nSPS) is 22.2. The Kier molecular flexibility index (Phi) is 5.36. The summed E-state index contributed by atoms with van der Waals surface area (Å²) in [5.74, 6) is -0.361. The highest BCUT2D eigenvalue weighted by Crippen LogP contribution is 2.29. The van der Waals surface area contributed by atoms with Gasteiger partial charge in [-0.2, -0.15) is 0 Å². The van der Waals surface area contributed by atoms with Crippen LogP contribution in [0.1, 0.15) is 37.7 Å². The van der Waals surface area contributed by atoms with Crippen LogP contribution in [0.4, 0.5) is 0 Å². The number of aromatic nitrogens is 1. The second-order valence-electron chi connectivity index (χ2n) is 6.93. The SMILES string of the molecule is CC(C)C(NC(=O)c1ccccn1)C(=O)N1CCC(C)(CN)C1. The second-order valence-corrected chi connectivity index (χ2v) is 6.93. The number of nitrogens with zero attached hydrogens (tertiary/aromatic N) is 2. The molecule has 2 unspecified atom stereocenters. The van der Waals surface area contributed by atoms with Gasteiger partial charge in [-0.1, -0.05) is 26.8 Å². The highest BCUT2D eigenvalue weighted by Gasteiger charge is 2.38. The summed E-state index contributed by atoms with van der Waals surface area (Å²) in [4.78, 5) is 31.0. The maximum atomic E-state index is 12.8. The Bertz CT molecular complexity index is 561. The van der Waals surface area contributed by atoms with E-state index in [-0.39, 0.29) is 23.1 Å². The molecule has 3 N–H and O–H groups in total. The summed E-state index contributed by atoms with van der Waals surface area (Å²) in [5.41, 5.74) is 6.10. The van der Waals surface area contributed by atoms with E-state index in [2.05, 4.69) is 17.2 Å². The minimum absolute atomic E-state index is 0.0000973. The van der Waals surface area contributed by atoms with Crippen molar-refractivity contribution in [1.29, 1.82) is 0 Å². The Hall–Kier alpha value is -1.95. The van der Waals surface area contributed by atoms with Gasteiger partial charge in [-0.3, -0.25) is 14.6 Å². The van der Waals surface area contributed by atoms with Crippen LogP contribution in [0, 0.1) is 11.3 Å². The van der Waals surface area contributed by atoms with Gasteiger partial charge in [0.05, 0.1) is 0 Å². The van der Waals surface area contributed by atoms with Gasteiger partial charge in [0.25, 0.3) is 5.91 Å². The fourth-order valence-electron chi connectivity index (χ4n) is 2.80. The van der Waals surface area contributed by atoms with Gasteiger partial charge < -0.3 is 16.0 Å². The van der Waals surface area contributed by atoms with E-state index in [4.69, 9.17) is 5.73 Å². The van der Waals surface area contributed by atoms with Crippen molar-refractivity contribution in [3.63, 3.8) is 0 Å². The Labute approximate surface area is 137 Å². The molecule has 2 amide bonds. The lowest BCUT2D eigenvalue weighted by atomic mass is 9.90. The topological polar surface area (TPSA) is 88.3 Å². The number of carbonyl (C=O) groups excluding carboxylic acids is 2. The van der Waals surface area contributed by atoms with Crippen molar-refractivity contribution in [2.45, 2.75) is 33.2 Å². The quantitative estimate of drug-likeness (QED) is 0.849. The maximum absolute atomic E-state index is 12.8. The van der Waals surface area contributed by atoms with Crippen molar-refractivity contribution in [2.24, 2.45) is 17.1 Å². The third-order valence-electron chi connectivity index (χ3n) is 4.48. The number of hydrogen-bond acceptors (Lipinski definition) is 4. The molecule has 0 aliphatic carbocycles. The number of pyridine rings is 1. The summed E-state index contributed by atoms with van der Waals surface area (Å²) in [6.45, 7) is 7.85. The highest BCUT2D eigenvalue weighted by molar-refractivity contribution is 5.96. The van der Waals surface area contributed by atoms with E-state index in [9.17, 15) is 9.59 Å². The maximum Gasteiger partial charge on any atom is 0.270 e. The first kappa shape index (κ1) is 17.4. The van der Waals surface area contributed by atoms with E-state index in [1.54, 1.807) is 24.4 Å². The molecule has 1 aliphatic heterocycles. The standard InChI is InChI=1S/C17H26N4O2/c1-12(2)14(20-15(22)13-6-4-5-8-19-13)16(23)21-9-7-17(3,10-18)11-21/h4-6,8,12,14H,7,9-11,18H2,1-3H3,(H,20,22). The van der Waals surface area contributed by atoms with E-state index in [1.807, 2.05) is 18.7 Å². The average Bonchev–Trinajstić information content (AvgIpc) is 2.95. The van der Waals surface area contributed by atoms with Crippen LogP contribution < -0.4 is 11.1 Å². The van der Waals surface area contributed by atoms with Crippen molar-refractivity contribution in [1.82, 2.24) is 15.2 Å². The molecule has 0 aromatic carbocycles. The van der Waals surface area contributed by atoms with Crippen LogP contribution in [0.5, 0.6) is 0 Å². The summed E-state index contributed by atoms with van der Waals surface area (Å²) in [7, 11) is 0. The van der Waals surface area contributed by atoms with Crippen LogP contribution >= 0.6 is 0 Å². The zero-order valence-corrected chi connectivity index (χ0v) is 14.1. The lowest BCUT2D eigenvalue weighted by Gasteiger charge is -2.28. The molecule has 0 radical (unpaired) electrons. The monoisotopic (exact) mass is 318 g/mol. The number of nitrogens with two attached hydrogens (primary N) is 1. The van der Waals surface area contributed by atoms with Gasteiger partial charge in [0, 0.05) is 19.3 Å². The highest BCUT2D eigenvalue weighted by atomic mass is 16.2. The molecule has 126 valence electrons. The van der Waals surface area contributed by atoms with Crippen molar-refractivity contribution in [2.75, 3.05) is 19.6 Å². The van der Waals surface area contributed by atoms with Gasteiger partial charge in [-0.15, -0.1) is 0 Å². The molecule has 0 bridgehead atoms. The van der Waals surface area contributed by atoms with Crippen LogP contribution in [0.3, 0.4) is 0 Å². The number of rotatable bonds is 5. The zero-order chi connectivity index (χ0) is 17.0. The predicted octanol–water partition coefficient (Wildman–Crippen LogP) is 1.03. The fourth-order valence-corrected chi connectivity index (χ4v) is 2.80. The van der Waals surface area contributed by atoms with Crippen LogP contribution in [-0.4, -0.2) is 47.4 Å². The smallest absolute Gasteiger partial charge is 0.270 e. The van der Waals surface area contributed by atoms with Crippen LogP contribution in [-0.2, 0) is 4.79 Å². The Balaban J connectivity index is 2.07. The van der Waals surface area contributed by atoms with Gasteiger partial charge in [0.15, 0.2) is 0 Å². The van der Waals surface area contributed by atoms with Gasteiger partial charge >= 0.3 is 0 Å². The molecule has 2 atom stereocenters. The van der Waals surface area contributed by atoms with Gasteiger partial charge in [0.1, 0.15) is 11.7 Å². The molecular formula is C17H26N4O2. The molecule has 2 rings (SSSR count). The van der Waals surface area contributed by atoms with Crippen LogP contribution in [0.15, 0.2) is 24.4 Å². The van der Waals surface area contributed by atoms with Crippen molar-refractivity contribution in [3.05, 3.63) is 30.1 Å². The number of amides is 2. The second kappa shape index (κ2) is 7.08. The van der Waals surface area contributed by atoms with Gasteiger partial charge in [0.2, 0.25) is 5.91 Å².